The molecule has 0 radical (unpaired) electrons. The van der Waals surface area contributed by atoms with Gasteiger partial charge in [-0.15, -0.1) is 0 Å². The first-order valence-electron chi connectivity index (χ1n) is 6.73. The molecule has 0 bridgehead atoms. The molecule has 108 valence electrons. The van der Waals surface area contributed by atoms with E-state index >= 15 is 0 Å². The summed E-state index contributed by atoms with van der Waals surface area (Å²) in [4.78, 5) is 40.3. The molecule has 1 aliphatic carbocycles. The van der Waals surface area contributed by atoms with Gasteiger partial charge in [0.15, 0.2) is 5.78 Å². The Kier molecular flexibility index (Phi) is 3.08. The second kappa shape index (κ2) is 4.80. The number of hydrogen-bond donors (Lipinski definition) is 1. The Balaban J connectivity index is 2.21. The molecule has 21 heavy (non-hydrogen) atoms. The van der Waals surface area contributed by atoms with Gasteiger partial charge in [-0.3, -0.25) is 19.0 Å². The first-order chi connectivity index (χ1) is 9.97. The molecule has 0 saturated heterocycles. The Hall–Kier alpha value is -2.50. The van der Waals surface area contributed by atoms with Crippen molar-refractivity contribution in [2.75, 3.05) is 0 Å². The van der Waals surface area contributed by atoms with Crippen molar-refractivity contribution in [3.8, 4) is 5.75 Å². The summed E-state index contributed by atoms with van der Waals surface area (Å²) in [6.07, 6.45) is 0.486. The van der Waals surface area contributed by atoms with Gasteiger partial charge in [-0.2, -0.15) is 0 Å². The van der Waals surface area contributed by atoms with Crippen molar-refractivity contribution in [3.63, 3.8) is 0 Å². The number of ketones is 2. The molecule has 0 spiro atoms. The van der Waals surface area contributed by atoms with Crippen LogP contribution in [0.25, 0.3) is 10.9 Å². The second-order valence-electron chi connectivity index (χ2n) is 5.27. The van der Waals surface area contributed by atoms with E-state index in [1.807, 2.05) is 0 Å². The molecule has 1 aliphatic rings. The van der Waals surface area contributed by atoms with Gasteiger partial charge in [0, 0.05) is 6.42 Å². The normalized spacial score (nSPS) is 19.2. The van der Waals surface area contributed by atoms with Gasteiger partial charge in [-0.25, -0.2) is 4.98 Å². The highest BCUT2D eigenvalue weighted by Gasteiger charge is 2.30. The van der Waals surface area contributed by atoms with E-state index in [2.05, 4.69) is 4.98 Å². The highest BCUT2D eigenvalue weighted by Crippen LogP contribution is 2.24. The molecule has 1 aromatic heterocycles. The van der Waals surface area contributed by atoms with Gasteiger partial charge in [-0.05, 0) is 31.5 Å². The van der Waals surface area contributed by atoms with Crippen molar-refractivity contribution >= 4 is 22.5 Å². The number of aryl methyl sites for hydroxylation is 1. The number of rotatable bonds is 1. The van der Waals surface area contributed by atoms with Gasteiger partial charge in [0.25, 0.3) is 5.56 Å². The number of benzene rings is 1. The summed E-state index contributed by atoms with van der Waals surface area (Å²) in [5.74, 6) is 0.0685. The van der Waals surface area contributed by atoms with Crippen LogP contribution in [-0.4, -0.2) is 26.2 Å². The maximum Gasteiger partial charge on any atom is 0.262 e. The summed E-state index contributed by atoms with van der Waals surface area (Å²) in [5, 5.41) is 9.79. The number of phenolic OH excluding ortho intramolecular Hbond substituents is 1. The maximum atomic E-state index is 12.6. The highest BCUT2D eigenvalue weighted by atomic mass is 16.3. The number of Topliss-reactive ketones (excluding diaryl/α,β-unsaturated/α-hetero) is 2. The molecular weight excluding hydrogens is 272 g/mol. The lowest BCUT2D eigenvalue weighted by atomic mass is 9.92. The van der Waals surface area contributed by atoms with Gasteiger partial charge in [-0.1, -0.05) is 0 Å². The minimum absolute atomic E-state index is 0.0260. The van der Waals surface area contributed by atoms with Gasteiger partial charge >= 0.3 is 0 Å². The zero-order chi connectivity index (χ0) is 15.1. The number of phenols is 1. The van der Waals surface area contributed by atoms with Crippen LogP contribution in [0.5, 0.6) is 5.75 Å². The van der Waals surface area contributed by atoms with Crippen molar-refractivity contribution in [1.29, 1.82) is 0 Å². The average molecular weight is 286 g/mol. The summed E-state index contributed by atoms with van der Waals surface area (Å²) in [6, 6.07) is 3.73. The molecule has 1 unspecified atom stereocenters. The molecule has 3 rings (SSSR count). The van der Waals surface area contributed by atoms with Crippen molar-refractivity contribution in [2.24, 2.45) is 0 Å². The zero-order valence-electron chi connectivity index (χ0n) is 11.5. The standard InChI is InChI=1S/C15H14N2O4/c1-8-16-12-4-2-9(18)6-11(12)15(21)17(8)13-5-3-10(19)7-14(13)20/h2,4,6,13,18H,3,5,7H2,1H3. The SMILES string of the molecule is Cc1nc2ccc(O)cc2c(=O)n1C1CCC(=O)CC1=O. The minimum Gasteiger partial charge on any atom is -0.508 e. The van der Waals surface area contributed by atoms with Crippen LogP contribution in [0, 0.1) is 6.92 Å². The Bertz CT molecular complexity index is 822. The van der Waals surface area contributed by atoms with Crippen LogP contribution in [-0.2, 0) is 9.59 Å². The minimum atomic E-state index is -0.644. The van der Waals surface area contributed by atoms with Gasteiger partial charge < -0.3 is 5.11 Å². The van der Waals surface area contributed by atoms with E-state index in [9.17, 15) is 19.5 Å². The monoisotopic (exact) mass is 286 g/mol. The number of aromatic nitrogens is 2. The first kappa shape index (κ1) is 13.5. The Labute approximate surface area is 120 Å². The molecule has 6 nitrogen and oxygen atoms in total. The Morgan fingerprint density at radius 2 is 2.05 bits per heavy atom. The highest BCUT2D eigenvalue weighted by molar-refractivity contribution is 6.03. The van der Waals surface area contributed by atoms with E-state index in [1.165, 1.54) is 16.7 Å². The van der Waals surface area contributed by atoms with E-state index in [1.54, 1.807) is 13.0 Å². The largest absolute Gasteiger partial charge is 0.508 e. The van der Waals surface area contributed by atoms with Crippen LogP contribution < -0.4 is 5.56 Å². The van der Waals surface area contributed by atoms with Gasteiger partial charge in [0.2, 0.25) is 0 Å². The molecule has 1 atom stereocenters. The van der Waals surface area contributed by atoms with Crippen LogP contribution in [0.3, 0.4) is 0 Å². The molecule has 6 heteroatoms. The Morgan fingerprint density at radius 3 is 2.76 bits per heavy atom. The summed E-state index contributed by atoms with van der Waals surface area (Å²) in [6.45, 7) is 1.66. The molecule has 1 N–H and O–H groups in total. The molecule has 1 heterocycles. The fourth-order valence-electron chi connectivity index (χ4n) is 2.80. The average Bonchev–Trinajstić information content (AvgIpc) is 2.42. The van der Waals surface area contributed by atoms with Crippen LogP contribution >= 0.6 is 0 Å². The fraction of sp³-hybridized carbons (Fsp3) is 0.333. The van der Waals surface area contributed by atoms with Crippen LogP contribution in [0.2, 0.25) is 0 Å². The maximum absolute atomic E-state index is 12.6. The summed E-state index contributed by atoms with van der Waals surface area (Å²) < 4.78 is 1.34. The van der Waals surface area contributed by atoms with Crippen LogP contribution in [0.4, 0.5) is 0 Å². The van der Waals surface area contributed by atoms with Crippen molar-refractivity contribution < 1.29 is 14.7 Å². The van der Waals surface area contributed by atoms with Crippen molar-refractivity contribution in [3.05, 3.63) is 34.4 Å². The number of carbonyl (C=O) groups is 2. The van der Waals surface area contributed by atoms with Gasteiger partial charge in [0.1, 0.15) is 17.4 Å². The molecule has 1 fully saturated rings. The molecule has 1 saturated carbocycles. The van der Waals surface area contributed by atoms with Crippen molar-refractivity contribution in [1.82, 2.24) is 9.55 Å². The smallest absolute Gasteiger partial charge is 0.262 e. The summed E-state index contributed by atoms with van der Waals surface area (Å²) in [7, 11) is 0. The lowest BCUT2D eigenvalue weighted by Crippen LogP contribution is -2.36. The third kappa shape index (κ3) is 2.22. The van der Waals surface area contributed by atoms with E-state index in [0.717, 1.165) is 0 Å². The third-order valence-electron chi connectivity index (χ3n) is 3.81. The lowest BCUT2D eigenvalue weighted by molar-refractivity contribution is -0.132. The zero-order valence-corrected chi connectivity index (χ0v) is 11.5. The van der Waals surface area contributed by atoms with E-state index in [-0.39, 0.29) is 34.7 Å². The topological polar surface area (TPSA) is 89.3 Å². The van der Waals surface area contributed by atoms with Gasteiger partial charge in [0.05, 0.1) is 23.4 Å². The molecule has 0 amide bonds. The number of hydrogen-bond acceptors (Lipinski definition) is 5. The van der Waals surface area contributed by atoms with Crippen LogP contribution in [0.15, 0.2) is 23.0 Å². The summed E-state index contributed by atoms with van der Waals surface area (Å²) in [5.41, 5.74) is 0.118. The second-order valence-corrected chi connectivity index (χ2v) is 5.27. The van der Waals surface area contributed by atoms with Crippen molar-refractivity contribution in [2.45, 2.75) is 32.2 Å². The number of nitrogens with zero attached hydrogens (tertiary/aromatic N) is 2. The van der Waals surface area contributed by atoms with Crippen LogP contribution in [0.1, 0.15) is 31.1 Å². The van der Waals surface area contributed by atoms with E-state index in [4.69, 9.17) is 0 Å². The molecule has 0 aliphatic heterocycles. The quantitative estimate of drug-likeness (QED) is 0.797. The Morgan fingerprint density at radius 1 is 1.29 bits per heavy atom. The molecule has 2 aromatic rings. The predicted molar refractivity (Wildman–Crippen MR) is 75.3 cm³/mol. The van der Waals surface area contributed by atoms with E-state index in [0.29, 0.717) is 24.2 Å². The van der Waals surface area contributed by atoms with E-state index < -0.39 is 6.04 Å². The number of fused-ring (bicyclic) bond motifs is 1. The molecule has 1 aromatic carbocycles. The fourth-order valence-corrected chi connectivity index (χ4v) is 2.80. The number of aromatic hydroxyl groups is 1. The summed E-state index contributed by atoms with van der Waals surface area (Å²) >= 11 is 0. The predicted octanol–water partition coefficient (Wildman–Crippen LogP) is 1.27. The molecular formula is C15H14N2O4. The number of carbonyl (C=O) groups excluding carboxylic acids is 2. The first-order valence-corrected chi connectivity index (χ1v) is 6.73. The third-order valence-corrected chi connectivity index (χ3v) is 3.81. The lowest BCUT2D eigenvalue weighted by Gasteiger charge is -2.23.